The highest BCUT2D eigenvalue weighted by molar-refractivity contribution is 5.94. The number of hydrogen-bond donors (Lipinski definition) is 2. The molecule has 6 heteroatoms. The molecule has 0 saturated heterocycles. The third-order valence-electron chi connectivity index (χ3n) is 3.65. The number of rotatable bonds is 9. The molecule has 3 N–H and O–H groups in total. The lowest BCUT2D eigenvalue weighted by molar-refractivity contribution is 0.0951. The minimum atomic E-state index is -0.105. The second-order valence-corrected chi connectivity index (χ2v) is 5.41. The number of nitrogens with one attached hydrogen (secondary N) is 1. The van der Waals surface area contributed by atoms with Gasteiger partial charge < -0.3 is 25.3 Å². The predicted octanol–water partition coefficient (Wildman–Crippen LogP) is 2.36. The lowest BCUT2D eigenvalue weighted by atomic mass is 10.1. The van der Waals surface area contributed by atoms with Gasteiger partial charge in [0.25, 0.3) is 5.91 Å². The van der Waals surface area contributed by atoms with Crippen molar-refractivity contribution in [1.29, 1.82) is 0 Å². The smallest absolute Gasteiger partial charge is 0.251 e. The van der Waals surface area contributed by atoms with E-state index in [4.69, 9.17) is 19.9 Å². The van der Waals surface area contributed by atoms with Crippen LogP contribution in [0.15, 0.2) is 42.5 Å². The summed E-state index contributed by atoms with van der Waals surface area (Å²) in [6.45, 7) is 1.47. The fourth-order valence-corrected chi connectivity index (χ4v) is 2.22. The first-order chi connectivity index (χ1) is 12.2. The molecule has 0 atom stereocenters. The van der Waals surface area contributed by atoms with Crippen molar-refractivity contribution in [2.75, 3.05) is 27.4 Å². The second kappa shape index (κ2) is 9.54. The second-order valence-electron chi connectivity index (χ2n) is 5.41. The van der Waals surface area contributed by atoms with Crippen LogP contribution in [0.2, 0.25) is 0 Å². The molecule has 0 saturated carbocycles. The van der Waals surface area contributed by atoms with Gasteiger partial charge in [0.05, 0.1) is 20.8 Å². The monoisotopic (exact) mass is 344 g/mol. The number of nitrogens with two attached hydrogens (primary N) is 1. The number of amides is 1. The molecule has 0 radical (unpaired) electrons. The topological polar surface area (TPSA) is 82.8 Å². The van der Waals surface area contributed by atoms with Gasteiger partial charge in [0.1, 0.15) is 17.2 Å². The van der Waals surface area contributed by atoms with Crippen LogP contribution >= 0.6 is 0 Å². The maximum atomic E-state index is 12.0. The standard InChI is InChI=1S/C19H24N2O4/c1-23-16-10-17(24-2)12-18(11-16)25-9-3-8-21-19(22)15-6-4-14(13-20)5-7-15/h4-7,10-12H,3,8-9,13,20H2,1-2H3,(H,21,22). The summed E-state index contributed by atoms with van der Waals surface area (Å²) in [6, 6.07) is 12.6. The van der Waals surface area contributed by atoms with Gasteiger partial charge in [-0.05, 0) is 24.1 Å². The molecule has 0 heterocycles. The highest BCUT2D eigenvalue weighted by atomic mass is 16.5. The SMILES string of the molecule is COc1cc(OC)cc(OCCCNC(=O)c2ccc(CN)cc2)c1. The molecule has 2 aromatic rings. The van der Waals surface area contributed by atoms with Crippen molar-refractivity contribution in [1.82, 2.24) is 5.32 Å². The molecular weight excluding hydrogens is 320 g/mol. The Labute approximate surface area is 147 Å². The molecular formula is C19H24N2O4. The number of carbonyl (C=O) groups is 1. The van der Waals surface area contributed by atoms with Gasteiger partial charge in [-0.3, -0.25) is 4.79 Å². The van der Waals surface area contributed by atoms with E-state index in [9.17, 15) is 4.79 Å². The van der Waals surface area contributed by atoms with Crippen LogP contribution in [0, 0.1) is 0 Å². The summed E-state index contributed by atoms with van der Waals surface area (Å²) in [7, 11) is 3.18. The maximum Gasteiger partial charge on any atom is 0.251 e. The quantitative estimate of drug-likeness (QED) is 0.683. The van der Waals surface area contributed by atoms with Crippen LogP contribution < -0.4 is 25.3 Å². The Kier molecular flexibility index (Phi) is 7.10. The van der Waals surface area contributed by atoms with Crippen LogP contribution in [-0.2, 0) is 6.54 Å². The Morgan fingerprint density at radius 3 is 2.16 bits per heavy atom. The number of ether oxygens (including phenoxy) is 3. The molecule has 2 rings (SSSR count). The Balaban J connectivity index is 1.74. The predicted molar refractivity (Wildman–Crippen MR) is 96.3 cm³/mol. The van der Waals surface area contributed by atoms with Crippen molar-refractivity contribution in [2.45, 2.75) is 13.0 Å². The van der Waals surface area contributed by atoms with Gasteiger partial charge in [-0.15, -0.1) is 0 Å². The van der Waals surface area contributed by atoms with Crippen LogP contribution in [0.5, 0.6) is 17.2 Å². The molecule has 0 aliphatic heterocycles. The van der Waals surface area contributed by atoms with Crippen molar-refractivity contribution in [2.24, 2.45) is 5.73 Å². The number of benzene rings is 2. The molecule has 0 fully saturated rings. The summed E-state index contributed by atoms with van der Waals surface area (Å²) >= 11 is 0. The minimum Gasteiger partial charge on any atom is -0.496 e. The van der Waals surface area contributed by atoms with Gasteiger partial charge in [-0.2, -0.15) is 0 Å². The number of methoxy groups -OCH3 is 2. The van der Waals surface area contributed by atoms with Crippen LogP contribution in [0.25, 0.3) is 0 Å². The van der Waals surface area contributed by atoms with E-state index in [0.717, 1.165) is 5.56 Å². The Hall–Kier alpha value is -2.73. The lowest BCUT2D eigenvalue weighted by Gasteiger charge is -2.10. The van der Waals surface area contributed by atoms with E-state index in [2.05, 4.69) is 5.32 Å². The van der Waals surface area contributed by atoms with E-state index in [-0.39, 0.29) is 5.91 Å². The normalized spacial score (nSPS) is 10.2. The summed E-state index contributed by atoms with van der Waals surface area (Å²) in [6.07, 6.45) is 0.687. The Morgan fingerprint density at radius 1 is 1.00 bits per heavy atom. The molecule has 6 nitrogen and oxygen atoms in total. The number of hydrogen-bond acceptors (Lipinski definition) is 5. The zero-order chi connectivity index (χ0) is 18.1. The van der Waals surface area contributed by atoms with Gasteiger partial charge >= 0.3 is 0 Å². The fraction of sp³-hybridized carbons (Fsp3) is 0.316. The zero-order valence-corrected chi connectivity index (χ0v) is 14.6. The summed E-state index contributed by atoms with van der Waals surface area (Å²) in [5.41, 5.74) is 7.16. The molecule has 25 heavy (non-hydrogen) atoms. The van der Waals surface area contributed by atoms with Crippen molar-refractivity contribution >= 4 is 5.91 Å². The molecule has 0 spiro atoms. The molecule has 0 unspecified atom stereocenters. The van der Waals surface area contributed by atoms with E-state index in [0.29, 0.717) is 48.9 Å². The summed E-state index contributed by atoms with van der Waals surface area (Å²) < 4.78 is 16.1. The van der Waals surface area contributed by atoms with Gasteiger partial charge in [0.2, 0.25) is 0 Å². The summed E-state index contributed by atoms with van der Waals surface area (Å²) in [4.78, 5) is 12.0. The molecule has 0 aliphatic carbocycles. The highest BCUT2D eigenvalue weighted by Crippen LogP contribution is 2.27. The van der Waals surface area contributed by atoms with E-state index >= 15 is 0 Å². The van der Waals surface area contributed by atoms with Crippen LogP contribution in [-0.4, -0.2) is 33.3 Å². The molecule has 0 aromatic heterocycles. The van der Waals surface area contributed by atoms with E-state index in [1.165, 1.54) is 0 Å². The van der Waals surface area contributed by atoms with Gasteiger partial charge in [-0.1, -0.05) is 12.1 Å². The molecule has 0 aliphatic rings. The molecule has 134 valence electrons. The fourth-order valence-electron chi connectivity index (χ4n) is 2.22. The molecule has 1 amide bonds. The first-order valence-corrected chi connectivity index (χ1v) is 8.09. The van der Waals surface area contributed by atoms with E-state index in [1.54, 1.807) is 44.6 Å². The third-order valence-corrected chi connectivity index (χ3v) is 3.65. The maximum absolute atomic E-state index is 12.0. The molecule has 0 bridgehead atoms. The zero-order valence-electron chi connectivity index (χ0n) is 14.6. The summed E-state index contributed by atoms with van der Waals surface area (Å²) in [5.74, 6) is 1.90. The van der Waals surface area contributed by atoms with Crippen LogP contribution in [0.1, 0.15) is 22.3 Å². The first-order valence-electron chi connectivity index (χ1n) is 8.09. The van der Waals surface area contributed by atoms with Gasteiger partial charge in [-0.25, -0.2) is 0 Å². The largest absolute Gasteiger partial charge is 0.496 e. The average Bonchev–Trinajstić information content (AvgIpc) is 2.67. The van der Waals surface area contributed by atoms with Gasteiger partial charge in [0, 0.05) is 36.9 Å². The third kappa shape index (κ3) is 5.69. The van der Waals surface area contributed by atoms with Crippen LogP contribution in [0.4, 0.5) is 0 Å². The summed E-state index contributed by atoms with van der Waals surface area (Å²) in [5, 5.41) is 2.87. The Morgan fingerprint density at radius 2 is 1.60 bits per heavy atom. The van der Waals surface area contributed by atoms with Crippen molar-refractivity contribution < 1.29 is 19.0 Å². The lowest BCUT2D eigenvalue weighted by Crippen LogP contribution is -2.25. The van der Waals surface area contributed by atoms with E-state index in [1.807, 2.05) is 12.1 Å². The van der Waals surface area contributed by atoms with Crippen molar-refractivity contribution in [3.63, 3.8) is 0 Å². The van der Waals surface area contributed by atoms with Crippen molar-refractivity contribution in [3.8, 4) is 17.2 Å². The average molecular weight is 344 g/mol. The Bertz CT molecular complexity index is 664. The van der Waals surface area contributed by atoms with Crippen LogP contribution in [0.3, 0.4) is 0 Å². The minimum absolute atomic E-state index is 0.105. The number of carbonyl (C=O) groups excluding carboxylic acids is 1. The van der Waals surface area contributed by atoms with Gasteiger partial charge in [0.15, 0.2) is 0 Å². The van der Waals surface area contributed by atoms with Crippen molar-refractivity contribution in [3.05, 3.63) is 53.6 Å². The first kappa shape index (κ1) is 18.6. The highest BCUT2D eigenvalue weighted by Gasteiger charge is 2.05. The molecule has 2 aromatic carbocycles. The van der Waals surface area contributed by atoms with E-state index < -0.39 is 0 Å².